The second-order valence-electron chi connectivity index (χ2n) is 8.28. The Hall–Kier alpha value is -3.24. The predicted molar refractivity (Wildman–Crippen MR) is 122 cm³/mol. The van der Waals surface area contributed by atoms with Crippen molar-refractivity contribution in [1.82, 2.24) is 4.31 Å². The number of fused-ring (bicyclic) bond motifs is 1. The number of aryl methyl sites for hydroxylation is 1. The van der Waals surface area contributed by atoms with Gasteiger partial charge < -0.3 is 15.4 Å². The van der Waals surface area contributed by atoms with Crippen LogP contribution in [0.25, 0.3) is 0 Å². The van der Waals surface area contributed by atoms with E-state index in [4.69, 9.17) is 4.74 Å². The molecule has 0 saturated carbocycles. The number of benzene rings is 2. The molecular weight excluding hydrogens is 446 g/mol. The van der Waals surface area contributed by atoms with Crippen LogP contribution < -0.4 is 15.4 Å². The molecule has 1 atom stereocenters. The van der Waals surface area contributed by atoms with Gasteiger partial charge in [-0.1, -0.05) is 0 Å². The number of hydrogen-bond acceptors (Lipinski definition) is 6. The fourth-order valence-corrected chi connectivity index (χ4v) is 5.79. The number of sulfonamides is 1. The predicted octanol–water partition coefficient (Wildman–Crippen LogP) is 2.57. The minimum absolute atomic E-state index is 0.0633. The fourth-order valence-electron chi connectivity index (χ4n) is 4.04. The lowest BCUT2D eigenvalue weighted by Gasteiger charge is -2.32. The number of ether oxygens (including phenoxy) is 1. The number of anilines is 2. The normalized spacial score (nSPS) is 18.6. The molecule has 0 spiro atoms. The molecule has 0 bridgehead atoms. The van der Waals surface area contributed by atoms with Gasteiger partial charge in [0.2, 0.25) is 15.9 Å². The van der Waals surface area contributed by atoms with E-state index in [1.54, 1.807) is 37.3 Å². The van der Waals surface area contributed by atoms with E-state index in [-0.39, 0.29) is 35.6 Å². The van der Waals surface area contributed by atoms with Crippen LogP contribution >= 0.6 is 0 Å². The third-order valence-electron chi connectivity index (χ3n) is 5.84. The summed E-state index contributed by atoms with van der Waals surface area (Å²) in [7, 11) is -3.87. The fraction of sp³-hybridized carbons (Fsp3) is 0.348. The molecular formula is C23H25N3O6S. The lowest BCUT2D eigenvalue weighted by Crippen LogP contribution is -2.43. The topological polar surface area (TPSA) is 122 Å². The zero-order valence-corrected chi connectivity index (χ0v) is 19.2. The van der Waals surface area contributed by atoms with Gasteiger partial charge in [-0.3, -0.25) is 14.4 Å². The maximum atomic E-state index is 13.4. The molecule has 2 heterocycles. The van der Waals surface area contributed by atoms with E-state index < -0.39 is 15.9 Å². The number of carbonyl (C=O) groups is 3. The van der Waals surface area contributed by atoms with Crippen LogP contribution in [0.4, 0.5) is 11.4 Å². The summed E-state index contributed by atoms with van der Waals surface area (Å²) in [6.07, 6.45) is 1.12. The second-order valence-corrected chi connectivity index (χ2v) is 10.2. The maximum Gasteiger partial charge on any atom is 0.262 e. The first kappa shape index (κ1) is 22.9. The smallest absolute Gasteiger partial charge is 0.262 e. The Balaban J connectivity index is 1.50. The summed E-state index contributed by atoms with van der Waals surface area (Å²) < 4.78 is 33.5. The molecule has 1 saturated heterocycles. The third kappa shape index (κ3) is 4.76. The molecule has 2 aliphatic rings. The van der Waals surface area contributed by atoms with Crippen LogP contribution in [0.1, 0.15) is 35.7 Å². The monoisotopic (exact) mass is 471 g/mol. The maximum absolute atomic E-state index is 13.4. The highest BCUT2D eigenvalue weighted by molar-refractivity contribution is 7.89. The average Bonchev–Trinajstić information content (AvgIpc) is 2.78. The summed E-state index contributed by atoms with van der Waals surface area (Å²) in [5.41, 5.74) is 2.02. The van der Waals surface area contributed by atoms with Gasteiger partial charge in [0.1, 0.15) is 5.75 Å². The number of amides is 2. The summed E-state index contributed by atoms with van der Waals surface area (Å²) >= 11 is 0. The highest BCUT2D eigenvalue weighted by Crippen LogP contribution is 2.35. The first-order valence-electron chi connectivity index (χ1n) is 10.6. The van der Waals surface area contributed by atoms with Crippen molar-refractivity contribution in [1.29, 1.82) is 0 Å². The van der Waals surface area contributed by atoms with Gasteiger partial charge in [-0.2, -0.15) is 4.31 Å². The number of ketones is 1. The van der Waals surface area contributed by atoms with E-state index in [0.717, 1.165) is 0 Å². The van der Waals surface area contributed by atoms with Crippen molar-refractivity contribution in [3.8, 4) is 5.75 Å². The van der Waals surface area contributed by atoms with E-state index in [2.05, 4.69) is 10.6 Å². The number of Topliss-reactive ketones (excluding diaryl/α,β-unsaturated/α-hetero) is 1. The van der Waals surface area contributed by atoms with Crippen LogP contribution in [0.5, 0.6) is 5.75 Å². The summed E-state index contributed by atoms with van der Waals surface area (Å²) in [4.78, 5) is 35.9. The minimum Gasteiger partial charge on any atom is -0.482 e. The molecule has 2 aromatic rings. The molecule has 0 radical (unpaired) electrons. The van der Waals surface area contributed by atoms with Crippen LogP contribution in [0, 0.1) is 12.8 Å². The van der Waals surface area contributed by atoms with Crippen molar-refractivity contribution >= 4 is 39.0 Å². The molecule has 10 heteroatoms. The first-order valence-corrected chi connectivity index (χ1v) is 12.1. The Kier molecular flexibility index (Phi) is 6.22. The summed E-state index contributed by atoms with van der Waals surface area (Å²) in [6, 6.07) is 9.60. The van der Waals surface area contributed by atoms with Crippen molar-refractivity contribution in [2.24, 2.45) is 5.92 Å². The number of nitrogens with zero attached hydrogens (tertiary/aromatic N) is 1. The number of hydrogen-bond donors (Lipinski definition) is 2. The van der Waals surface area contributed by atoms with E-state index in [9.17, 15) is 22.8 Å². The van der Waals surface area contributed by atoms with E-state index in [1.807, 2.05) is 0 Å². The van der Waals surface area contributed by atoms with Gasteiger partial charge in [0.25, 0.3) is 5.91 Å². The van der Waals surface area contributed by atoms with Crippen molar-refractivity contribution in [2.75, 3.05) is 30.3 Å². The molecule has 33 heavy (non-hydrogen) atoms. The number of nitrogens with one attached hydrogen (secondary N) is 2. The van der Waals surface area contributed by atoms with Crippen molar-refractivity contribution in [2.45, 2.75) is 31.6 Å². The Labute approximate surface area is 192 Å². The Morgan fingerprint density at radius 1 is 1.18 bits per heavy atom. The molecule has 1 fully saturated rings. The number of rotatable bonds is 5. The minimum atomic E-state index is -3.87. The molecule has 2 aliphatic heterocycles. The van der Waals surface area contributed by atoms with Gasteiger partial charge in [0.15, 0.2) is 12.4 Å². The first-order chi connectivity index (χ1) is 15.6. The van der Waals surface area contributed by atoms with E-state index in [0.29, 0.717) is 47.6 Å². The zero-order valence-electron chi connectivity index (χ0n) is 18.4. The Morgan fingerprint density at radius 3 is 2.61 bits per heavy atom. The van der Waals surface area contributed by atoms with E-state index >= 15 is 0 Å². The zero-order chi connectivity index (χ0) is 23.8. The van der Waals surface area contributed by atoms with Gasteiger partial charge >= 0.3 is 0 Å². The third-order valence-corrected chi connectivity index (χ3v) is 7.85. The Morgan fingerprint density at radius 2 is 1.91 bits per heavy atom. The van der Waals surface area contributed by atoms with Gasteiger partial charge in [0, 0.05) is 30.4 Å². The Bertz CT molecular complexity index is 1220. The van der Waals surface area contributed by atoms with Crippen molar-refractivity contribution in [3.05, 3.63) is 47.5 Å². The highest BCUT2D eigenvalue weighted by atomic mass is 32.2. The molecule has 174 valence electrons. The van der Waals surface area contributed by atoms with Gasteiger partial charge in [0.05, 0.1) is 16.5 Å². The molecule has 2 N–H and O–H groups in total. The molecule has 0 aliphatic carbocycles. The number of carbonyl (C=O) groups excluding carboxylic acids is 3. The van der Waals surface area contributed by atoms with Gasteiger partial charge in [-0.25, -0.2) is 8.42 Å². The highest BCUT2D eigenvalue weighted by Gasteiger charge is 2.35. The van der Waals surface area contributed by atoms with Crippen LogP contribution in [0.15, 0.2) is 41.3 Å². The largest absolute Gasteiger partial charge is 0.482 e. The summed E-state index contributed by atoms with van der Waals surface area (Å²) in [5.74, 6) is -0.822. The quantitative estimate of drug-likeness (QED) is 0.647. The van der Waals surface area contributed by atoms with E-state index in [1.165, 1.54) is 17.3 Å². The SMILES string of the molecule is CC(=O)c1ccc(NC(=O)C2CCCN(S(=O)(=O)c3cc4c(cc3C)NC(=O)CO4)C2)cc1. The number of piperidine rings is 1. The van der Waals surface area contributed by atoms with Gasteiger partial charge in [-0.05, 0) is 62.6 Å². The van der Waals surface area contributed by atoms with Crippen molar-refractivity contribution in [3.63, 3.8) is 0 Å². The molecule has 1 unspecified atom stereocenters. The summed E-state index contributed by atoms with van der Waals surface area (Å²) in [5, 5.41) is 5.48. The van der Waals surface area contributed by atoms with Crippen molar-refractivity contribution < 1.29 is 27.5 Å². The second kappa shape index (κ2) is 8.95. The lowest BCUT2D eigenvalue weighted by atomic mass is 9.98. The molecule has 9 nitrogen and oxygen atoms in total. The average molecular weight is 472 g/mol. The van der Waals surface area contributed by atoms with Crippen LogP contribution in [0.2, 0.25) is 0 Å². The molecule has 0 aromatic heterocycles. The van der Waals surface area contributed by atoms with Crippen LogP contribution in [-0.2, 0) is 19.6 Å². The summed E-state index contributed by atoms with van der Waals surface area (Å²) in [6.45, 7) is 3.33. The van der Waals surface area contributed by atoms with Gasteiger partial charge in [-0.15, -0.1) is 0 Å². The molecule has 4 rings (SSSR count). The lowest BCUT2D eigenvalue weighted by molar-refractivity contribution is -0.121. The van der Waals surface area contributed by atoms with Crippen LogP contribution in [0.3, 0.4) is 0 Å². The molecule has 2 amide bonds. The van der Waals surface area contributed by atoms with Crippen LogP contribution in [-0.4, -0.2) is 50.0 Å². The standard InChI is InChI=1S/C23H25N3O6S/c1-14-10-19-20(32-13-22(28)25-19)11-21(14)33(30,31)26-9-3-4-17(12-26)23(29)24-18-7-5-16(6-8-18)15(2)27/h5-8,10-11,17H,3-4,9,12-13H2,1-2H3,(H,24,29)(H,25,28). The molecule has 2 aromatic carbocycles.